The summed E-state index contributed by atoms with van der Waals surface area (Å²) < 4.78 is 6.05. The molecular formula is C24H17Cl2N3O3. The molecule has 32 heavy (non-hydrogen) atoms. The van der Waals surface area contributed by atoms with Gasteiger partial charge in [-0.25, -0.2) is 0 Å². The predicted molar refractivity (Wildman–Crippen MR) is 122 cm³/mol. The molecule has 0 saturated carbocycles. The maximum absolute atomic E-state index is 12.8. The van der Waals surface area contributed by atoms with Gasteiger partial charge in [-0.15, -0.1) is 0 Å². The topological polar surface area (TPSA) is 96.4 Å². The van der Waals surface area contributed by atoms with Gasteiger partial charge >= 0.3 is 0 Å². The van der Waals surface area contributed by atoms with Crippen LogP contribution in [0, 0.1) is 11.3 Å². The molecule has 1 saturated heterocycles. The Morgan fingerprint density at radius 3 is 2.50 bits per heavy atom. The minimum Gasteiger partial charge on any atom is -0.456 e. The van der Waals surface area contributed by atoms with Crippen LogP contribution >= 0.6 is 23.2 Å². The maximum atomic E-state index is 12.8. The maximum Gasteiger partial charge on any atom is 0.248 e. The standard InChI is InChI=1S/C24H17Cl2N3O3/c25-17-5-4-15(12-27)21(10-17)32-22-11-18(26)6-7-20(22)16-9-23(30)29(13-16)19-3-1-2-14(8-19)24(28)31/h1-8,10-11,16H,9,13H2,(H2,28,31). The van der Waals surface area contributed by atoms with Crippen molar-refractivity contribution in [1.82, 2.24) is 0 Å². The molecule has 1 atom stereocenters. The Morgan fingerprint density at radius 2 is 1.78 bits per heavy atom. The van der Waals surface area contributed by atoms with Gasteiger partial charge in [0.15, 0.2) is 0 Å². The molecule has 6 nitrogen and oxygen atoms in total. The van der Waals surface area contributed by atoms with Gasteiger partial charge in [-0.2, -0.15) is 5.26 Å². The molecule has 4 rings (SSSR count). The van der Waals surface area contributed by atoms with Crippen molar-refractivity contribution in [2.24, 2.45) is 5.73 Å². The molecule has 2 amide bonds. The molecule has 8 heteroatoms. The van der Waals surface area contributed by atoms with E-state index in [0.29, 0.717) is 44.9 Å². The van der Waals surface area contributed by atoms with Crippen molar-refractivity contribution < 1.29 is 14.3 Å². The summed E-state index contributed by atoms with van der Waals surface area (Å²) in [6.07, 6.45) is 0.249. The summed E-state index contributed by atoms with van der Waals surface area (Å²) in [6.45, 7) is 0.389. The number of anilines is 1. The van der Waals surface area contributed by atoms with Crippen molar-refractivity contribution in [3.8, 4) is 17.6 Å². The molecule has 2 N–H and O–H groups in total. The highest BCUT2D eigenvalue weighted by molar-refractivity contribution is 6.31. The van der Waals surface area contributed by atoms with E-state index in [1.54, 1.807) is 59.5 Å². The Hall–Kier alpha value is -3.53. The Balaban J connectivity index is 1.66. The average Bonchev–Trinajstić information content (AvgIpc) is 3.15. The third-order valence-corrected chi connectivity index (χ3v) is 5.74. The number of ether oxygens (including phenoxy) is 1. The van der Waals surface area contributed by atoms with Crippen molar-refractivity contribution in [2.45, 2.75) is 12.3 Å². The van der Waals surface area contributed by atoms with Crippen LogP contribution in [0.3, 0.4) is 0 Å². The smallest absolute Gasteiger partial charge is 0.248 e. The first-order chi connectivity index (χ1) is 15.4. The molecule has 160 valence electrons. The van der Waals surface area contributed by atoms with E-state index in [2.05, 4.69) is 6.07 Å². The van der Waals surface area contributed by atoms with E-state index in [1.807, 2.05) is 6.07 Å². The molecule has 1 aliphatic rings. The zero-order chi connectivity index (χ0) is 22.8. The van der Waals surface area contributed by atoms with Gasteiger partial charge in [0.05, 0.1) is 5.56 Å². The number of hydrogen-bond acceptors (Lipinski definition) is 4. The molecule has 1 unspecified atom stereocenters. The van der Waals surface area contributed by atoms with E-state index in [0.717, 1.165) is 5.56 Å². The lowest BCUT2D eigenvalue weighted by Crippen LogP contribution is -2.24. The van der Waals surface area contributed by atoms with E-state index < -0.39 is 5.91 Å². The van der Waals surface area contributed by atoms with Crippen molar-refractivity contribution in [2.75, 3.05) is 11.4 Å². The highest BCUT2D eigenvalue weighted by atomic mass is 35.5. The number of nitrogens with two attached hydrogens (primary N) is 1. The lowest BCUT2D eigenvalue weighted by atomic mass is 9.97. The van der Waals surface area contributed by atoms with E-state index in [9.17, 15) is 14.9 Å². The van der Waals surface area contributed by atoms with Crippen molar-refractivity contribution in [1.29, 1.82) is 5.26 Å². The average molecular weight is 466 g/mol. The van der Waals surface area contributed by atoms with Crippen molar-refractivity contribution in [3.05, 3.63) is 87.4 Å². The number of nitrogens with zero attached hydrogens (tertiary/aromatic N) is 2. The first-order valence-corrected chi connectivity index (χ1v) is 10.5. The second-order valence-corrected chi connectivity index (χ2v) is 8.23. The molecule has 1 aliphatic heterocycles. The number of amides is 2. The summed E-state index contributed by atoms with van der Waals surface area (Å²) in [5.41, 5.74) is 7.41. The number of halogens is 2. The lowest BCUT2D eigenvalue weighted by Gasteiger charge is -2.19. The Kier molecular flexibility index (Phi) is 6.04. The molecule has 0 aromatic heterocycles. The monoisotopic (exact) mass is 465 g/mol. The molecule has 1 fully saturated rings. The first-order valence-electron chi connectivity index (χ1n) is 9.73. The van der Waals surface area contributed by atoms with Crippen LogP contribution in [0.2, 0.25) is 10.0 Å². The van der Waals surface area contributed by atoms with Crippen LogP contribution in [0.25, 0.3) is 0 Å². The van der Waals surface area contributed by atoms with Gasteiger partial charge in [0.1, 0.15) is 17.6 Å². The largest absolute Gasteiger partial charge is 0.456 e. The molecule has 0 radical (unpaired) electrons. The molecular weight excluding hydrogens is 449 g/mol. The van der Waals surface area contributed by atoms with E-state index in [-0.39, 0.29) is 18.2 Å². The molecule has 0 spiro atoms. The van der Waals surface area contributed by atoms with Gasteiger partial charge < -0.3 is 15.4 Å². The van der Waals surface area contributed by atoms with Gasteiger partial charge in [0.25, 0.3) is 0 Å². The molecule has 0 bridgehead atoms. The fourth-order valence-corrected chi connectivity index (χ4v) is 4.04. The van der Waals surface area contributed by atoms with E-state index in [4.69, 9.17) is 33.7 Å². The SMILES string of the molecule is N#Cc1ccc(Cl)cc1Oc1cc(Cl)ccc1C1CC(=O)N(c2cccc(C(N)=O)c2)C1. The normalized spacial score (nSPS) is 15.5. The summed E-state index contributed by atoms with van der Waals surface area (Å²) in [5, 5.41) is 10.3. The van der Waals surface area contributed by atoms with Crippen LogP contribution < -0.4 is 15.4 Å². The van der Waals surface area contributed by atoms with Gasteiger partial charge in [-0.05, 0) is 42.5 Å². The Bertz CT molecular complexity index is 1270. The predicted octanol–water partition coefficient (Wildman–Crippen LogP) is 5.28. The third-order valence-electron chi connectivity index (χ3n) is 5.27. The van der Waals surface area contributed by atoms with Crippen LogP contribution in [0.4, 0.5) is 5.69 Å². The quantitative estimate of drug-likeness (QED) is 0.554. The zero-order valence-electron chi connectivity index (χ0n) is 16.7. The van der Waals surface area contributed by atoms with Crippen LogP contribution in [0.1, 0.15) is 33.8 Å². The minimum absolute atomic E-state index is 0.0852. The highest BCUT2D eigenvalue weighted by Gasteiger charge is 2.33. The van der Waals surface area contributed by atoms with Gasteiger partial charge in [0, 0.05) is 51.8 Å². The number of carbonyl (C=O) groups excluding carboxylic acids is 2. The van der Waals surface area contributed by atoms with Crippen LogP contribution in [0.5, 0.6) is 11.5 Å². The van der Waals surface area contributed by atoms with E-state index >= 15 is 0 Å². The highest BCUT2D eigenvalue weighted by Crippen LogP contribution is 2.40. The van der Waals surface area contributed by atoms with Gasteiger partial charge in [-0.3, -0.25) is 9.59 Å². The number of carbonyl (C=O) groups is 2. The molecule has 3 aromatic carbocycles. The molecule has 0 aliphatic carbocycles. The fourth-order valence-electron chi connectivity index (χ4n) is 3.72. The minimum atomic E-state index is -0.557. The summed E-state index contributed by atoms with van der Waals surface area (Å²) >= 11 is 12.3. The summed E-state index contributed by atoms with van der Waals surface area (Å²) in [6, 6.07) is 18.7. The summed E-state index contributed by atoms with van der Waals surface area (Å²) in [7, 11) is 0. The number of benzene rings is 3. The van der Waals surface area contributed by atoms with Crippen LogP contribution in [-0.2, 0) is 4.79 Å². The Morgan fingerprint density at radius 1 is 1.06 bits per heavy atom. The second-order valence-electron chi connectivity index (χ2n) is 7.36. The number of primary amides is 1. The van der Waals surface area contributed by atoms with Crippen LogP contribution in [-0.4, -0.2) is 18.4 Å². The van der Waals surface area contributed by atoms with E-state index in [1.165, 1.54) is 0 Å². The van der Waals surface area contributed by atoms with Crippen molar-refractivity contribution >= 4 is 40.7 Å². The zero-order valence-corrected chi connectivity index (χ0v) is 18.2. The fraction of sp³-hybridized carbons (Fsp3) is 0.125. The third kappa shape index (κ3) is 4.40. The number of rotatable bonds is 5. The molecule has 3 aromatic rings. The Labute approximate surface area is 194 Å². The second kappa shape index (κ2) is 8.91. The number of nitriles is 1. The van der Waals surface area contributed by atoms with Crippen molar-refractivity contribution in [3.63, 3.8) is 0 Å². The van der Waals surface area contributed by atoms with Gasteiger partial charge in [-0.1, -0.05) is 35.3 Å². The number of hydrogen-bond donors (Lipinski definition) is 1. The van der Waals surface area contributed by atoms with Gasteiger partial charge in [0.2, 0.25) is 11.8 Å². The van der Waals surface area contributed by atoms with Crippen LogP contribution in [0.15, 0.2) is 60.7 Å². The molecule has 1 heterocycles. The first kappa shape index (κ1) is 21.7. The summed E-state index contributed by atoms with van der Waals surface area (Å²) in [4.78, 5) is 25.9. The lowest BCUT2D eigenvalue weighted by molar-refractivity contribution is -0.117. The summed E-state index contributed by atoms with van der Waals surface area (Å²) in [5.74, 6) is -0.0754.